The number of carbonyl (C=O) groups excluding carboxylic acids is 2. The van der Waals surface area contributed by atoms with E-state index in [1.54, 1.807) is 23.1 Å². The van der Waals surface area contributed by atoms with Crippen LogP contribution in [0.15, 0.2) is 40.8 Å². The molecule has 2 aromatic carbocycles. The monoisotopic (exact) mass is 384 g/mol. The molecular formula is C20H17ClN2O4. The maximum absolute atomic E-state index is 12.4. The van der Waals surface area contributed by atoms with Crippen LogP contribution in [0, 0.1) is 12.8 Å². The Bertz CT molecular complexity index is 1060. The predicted octanol–water partition coefficient (Wildman–Crippen LogP) is 3.98. The fraction of sp³-hybridized carbons (Fsp3) is 0.250. The number of benzene rings is 2. The van der Waals surface area contributed by atoms with E-state index in [4.69, 9.17) is 20.8 Å². The normalized spacial score (nSPS) is 16.9. The molecule has 138 valence electrons. The summed E-state index contributed by atoms with van der Waals surface area (Å²) < 4.78 is 10.6. The number of rotatable bonds is 3. The van der Waals surface area contributed by atoms with E-state index in [2.05, 4.69) is 4.98 Å². The van der Waals surface area contributed by atoms with Gasteiger partial charge in [-0.15, -0.1) is 0 Å². The van der Waals surface area contributed by atoms with Crippen molar-refractivity contribution in [3.8, 4) is 11.5 Å². The summed E-state index contributed by atoms with van der Waals surface area (Å²) in [5.41, 5.74) is 3.73. The summed E-state index contributed by atoms with van der Waals surface area (Å²) in [6, 6.07) is 11.0. The van der Waals surface area contributed by atoms with Gasteiger partial charge in [-0.1, -0.05) is 17.7 Å². The fourth-order valence-corrected chi connectivity index (χ4v) is 3.48. The van der Waals surface area contributed by atoms with Crippen molar-refractivity contribution in [2.24, 2.45) is 5.92 Å². The molecule has 6 nitrogen and oxygen atoms in total. The molecule has 1 amide bonds. The Kier molecular flexibility index (Phi) is 4.36. The van der Waals surface area contributed by atoms with Crippen LogP contribution in [0.3, 0.4) is 0 Å². The van der Waals surface area contributed by atoms with Crippen molar-refractivity contribution in [2.45, 2.75) is 13.3 Å². The van der Waals surface area contributed by atoms with Gasteiger partial charge in [-0.3, -0.25) is 9.59 Å². The second kappa shape index (κ2) is 6.70. The number of amides is 1. The van der Waals surface area contributed by atoms with Gasteiger partial charge in [-0.05, 0) is 42.8 Å². The Morgan fingerprint density at radius 2 is 2.11 bits per heavy atom. The van der Waals surface area contributed by atoms with Gasteiger partial charge in [0, 0.05) is 18.7 Å². The minimum Gasteiger partial charge on any atom is -0.469 e. The molecule has 1 aliphatic heterocycles. The van der Waals surface area contributed by atoms with Crippen LogP contribution in [0.1, 0.15) is 12.0 Å². The molecule has 0 aliphatic carbocycles. The number of hydrogen-bond acceptors (Lipinski definition) is 5. The number of ether oxygens (including phenoxy) is 1. The lowest BCUT2D eigenvalue weighted by molar-refractivity contribution is -0.145. The predicted molar refractivity (Wildman–Crippen MR) is 102 cm³/mol. The number of esters is 1. The number of oxazole rings is 1. The fourth-order valence-electron chi connectivity index (χ4n) is 3.28. The Hall–Kier alpha value is -2.86. The van der Waals surface area contributed by atoms with Crippen molar-refractivity contribution >= 4 is 40.3 Å². The number of aromatic nitrogens is 1. The Balaban J connectivity index is 1.71. The van der Waals surface area contributed by atoms with Gasteiger partial charge in [0.1, 0.15) is 5.52 Å². The Labute approximate surface area is 160 Å². The number of methoxy groups -OCH3 is 1. The number of nitrogens with zero attached hydrogens (tertiary/aromatic N) is 2. The lowest BCUT2D eigenvalue weighted by Crippen LogP contribution is -2.26. The number of aryl methyl sites for hydroxylation is 1. The van der Waals surface area contributed by atoms with E-state index < -0.39 is 5.92 Å². The van der Waals surface area contributed by atoms with E-state index in [9.17, 15) is 9.59 Å². The summed E-state index contributed by atoms with van der Waals surface area (Å²) in [4.78, 5) is 30.2. The summed E-state index contributed by atoms with van der Waals surface area (Å²) in [7, 11) is 1.32. The average Bonchev–Trinajstić information content (AvgIpc) is 3.24. The molecule has 7 heteroatoms. The Morgan fingerprint density at radius 1 is 1.30 bits per heavy atom. The van der Waals surface area contributed by atoms with E-state index in [-0.39, 0.29) is 24.8 Å². The van der Waals surface area contributed by atoms with Crippen LogP contribution in [-0.4, -0.2) is 30.5 Å². The summed E-state index contributed by atoms with van der Waals surface area (Å²) >= 11 is 6.36. The first-order valence-corrected chi connectivity index (χ1v) is 8.89. The van der Waals surface area contributed by atoms with Crippen molar-refractivity contribution in [1.29, 1.82) is 0 Å². The molecule has 1 fully saturated rings. The number of fused-ring (bicyclic) bond motifs is 1. The first-order chi connectivity index (χ1) is 13.0. The van der Waals surface area contributed by atoms with Crippen LogP contribution in [0.25, 0.3) is 22.6 Å². The van der Waals surface area contributed by atoms with Gasteiger partial charge < -0.3 is 14.1 Å². The maximum Gasteiger partial charge on any atom is 0.311 e. The highest BCUT2D eigenvalue weighted by atomic mass is 35.5. The third-order valence-electron chi connectivity index (χ3n) is 4.69. The van der Waals surface area contributed by atoms with E-state index in [0.29, 0.717) is 27.7 Å². The first kappa shape index (κ1) is 17.5. The lowest BCUT2D eigenvalue weighted by atomic mass is 10.1. The van der Waals surface area contributed by atoms with Crippen LogP contribution in [0.5, 0.6) is 0 Å². The van der Waals surface area contributed by atoms with Crippen molar-refractivity contribution in [1.82, 2.24) is 4.98 Å². The molecule has 1 atom stereocenters. The molecule has 27 heavy (non-hydrogen) atoms. The SMILES string of the molecule is COC(=O)[C@@H]1CC(=O)N(c2ccc(Cl)c(-c3nc4cc(C)ccc4o3)c2)C1. The second-order valence-electron chi connectivity index (χ2n) is 6.58. The topological polar surface area (TPSA) is 72.6 Å². The molecule has 0 spiro atoms. The number of carbonyl (C=O) groups is 2. The zero-order valence-corrected chi connectivity index (χ0v) is 15.6. The number of halogens is 1. The third-order valence-corrected chi connectivity index (χ3v) is 5.02. The summed E-state index contributed by atoms with van der Waals surface area (Å²) in [6.07, 6.45) is 0.132. The quantitative estimate of drug-likeness (QED) is 0.638. The first-order valence-electron chi connectivity index (χ1n) is 8.51. The molecule has 0 bridgehead atoms. The van der Waals surface area contributed by atoms with Gasteiger partial charge in [0.25, 0.3) is 0 Å². The van der Waals surface area contributed by atoms with Crippen LogP contribution in [0.2, 0.25) is 5.02 Å². The van der Waals surface area contributed by atoms with Crippen molar-refractivity contribution < 1.29 is 18.7 Å². The molecule has 3 aromatic rings. The third kappa shape index (κ3) is 3.17. The van der Waals surface area contributed by atoms with Crippen LogP contribution >= 0.6 is 11.6 Å². The molecule has 1 aromatic heterocycles. The van der Waals surface area contributed by atoms with Crippen molar-refractivity contribution in [3.63, 3.8) is 0 Å². The van der Waals surface area contributed by atoms with Crippen LogP contribution < -0.4 is 4.90 Å². The minimum atomic E-state index is -0.464. The summed E-state index contributed by atoms with van der Waals surface area (Å²) in [5, 5.41) is 0.471. The zero-order valence-electron chi connectivity index (χ0n) is 14.9. The molecule has 1 aliphatic rings. The summed E-state index contributed by atoms with van der Waals surface area (Å²) in [6.45, 7) is 2.26. The molecule has 2 heterocycles. The zero-order chi connectivity index (χ0) is 19.1. The Morgan fingerprint density at radius 3 is 2.89 bits per heavy atom. The van der Waals surface area contributed by atoms with Gasteiger partial charge in [0.15, 0.2) is 5.58 Å². The molecule has 0 unspecified atom stereocenters. The van der Waals surface area contributed by atoms with E-state index in [1.165, 1.54) is 7.11 Å². The molecule has 0 N–H and O–H groups in total. The van der Waals surface area contributed by atoms with Gasteiger partial charge in [-0.2, -0.15) is 0 Å². The lowest BCUT2D eigenvalue weighted by Gasteiger charge is -2.17. The minimum absolute atomic E-state index is 0.132. The maximum atomic E-state index is 12.4. The highest BCUT2D eigenvalue weighted by Crippen LogP contribution is 2.35. The molecule has 0 saturated carbocycles. The number of anilines is 1. The van der Waals surface area contributed by atoms with E-state index >= 15 is 0 Å². The standard InChI is InChI=1S/C20H17ClN2O4/c1-11-3-6-17-16(7-11)22-19(27-17)14-9-13(4-5-15(14)21)23-10-12(8-18(23)24)20(25)26-2/h3-7,9,12H,8,10H2,1-2H3/t12-/m1/s1. The van der Waals surface area contributed by atoms with Crippen molar-refractivity contribution in [2.75, 3.05) is 18.6 Å². The van der Waals surface area contributed by atoms with Gasteiger partial charge >= 0.3 is 5.97 Å². The van der Waals surface area contributed by atoms with Crippen LogP contribution in [0.4, 0.5) is 5.69 Å². The van der Waals surface area contributed by atoms with E-state index in [1.807, 2.05) is 25.1 Å². The van der Waals surface area contributed by atoms with Gasteiger partial charge in [0.05, 0.1) is 23.6 Å². The second-order valence-corrected chi connectivity index (χ2v) is 6.99. The highest BCUT2D eigenvalue weighted by Gasteiger charge is 2.36. The largest absolute Gasteiger partial charge is 0.469 e. The van der Waals surface area contributed by atoms with Crippen molar-refractivity contribution in [3.05, 3.63) is 47.0 Å². The van der Waals surface area contributed by atoms with Crippen LogP contribution in [-0.2, 0) is 14.3 Å². The smallest absolute Gasteiger partial charge is 0.311 e. The summed E-state index contributed by atoms with van der Waals surface area (Å²) in [5.74, 6) is -0.589. The molecule has 1 saturated heterocycles. The molecule has 0 radical (unpaired) electrons. The van der Waals surface area contributed by atoms with Gasteiger partial charge in [-0.25, -0.2) is 4.98 Å². The number of hydrogen-bond donors (Lipinski definition) is 0. The molecule has 4 rings (SSSR count). The highest BCUT2D eigenvalue weighted by molar-refractivity contribution is 6.33. The molecular weight excluding hydrogens is 368 g/mol. The average molecular weight is 385 g/mol. The van der Waals surface area contributed by atoms with E-state index in [0.717, 1.165) is 11.1 Å². The van der Waals surface area contributed by atoms with Gasteiger partial charge in [0.2, 0.25) is 11.8 Å².